The molecule has 222 valence electrons. The molecule has 2 aromatic rings. The summed E-state index contributed by atoms with van der Waals surface area (Å²) in [7, 11) is 0. The summed E-state index contributed by atoms with van der Waals surface area (Å²) in [5.41, 5.74) is 3.19. The number of nitrogens with one attached hydrogen (secondary N) is 3. The zero-order chi connectivity index (χ0) is 29.5. The molecule has 4 N–H and O–H groups in total. The fourth-order valence-corrected chi connectivity index (χ4v) is 5.09. The highest BCUT2D eigenvalue weighted by Crippen LogP contribution is 2.33. The lowest BCUT2D eigenvalue weighted by Crippen LogP contribution is -2.47. The van der Waals surface area contributed by atoms with Crippen LogP contribution >= 0.6 is 0 Å². The molecule has 0 bridgehead atoms. The molecule has 0 saturated carbocycles. The monoisotopic (exact) mass is 569 g/mol. The molecular formula is C28H39N7O6. The van der Waals surface area contributed by atoms with Gasteiger partial charge >= 0.3 is 18.0 Å². The van der Waals surface area contributed by atoms with Gasteiger partial charge in [-0.05, 0) is 65.0 Å². The number of aliphatic carboxylic acids is 1. The van der Waals surface area contributed by atoms with Crippen molar-refractivity contribution in [1.29, 1.82) is 0 Å². The first-order valence-corrected chi connectivity index (χ1v) is 14.1. The number of carboxylic acids is 1. The topological polar surface area (TPSA) is 168 Å². The molecule has 13 heteroatoms. The van der Waals surface area contributed by atoms with Crippen molar-refractivity contribution < 1.29 is 29.0 Å². The summed E-state index contributed by atoms with van der Waals surface area (Å²) >= 11 is 0. The van der Waals surface area contributed by atoms with Gasteiger partial charge in [0.2, 0.25) is 0 Å². The molecule has 0 aromatic carbocycles. The van der Waals surface area contributed by atoms with Crippen molar-refractivity contribution in [3.05, 3.63) is 34.8 Å². The van der Waals surface area contributed by atoms with E-state index in [0.29, 0.717) is 17.6 Å². The van der Waals surface area contributed by atoms with Gasteiger partial charge in [0.1, 0.15) is 29.3 Å². The molecule has 1 saturated heterocycles. The van der Waals surface area contributed by atoms with Crippen molar-refractivity contribution in [1.82, 2.24) is 20.3 Å². The predicted octanol–water partition coefficient (Wildman–Crippen LogP) is 2.77. The normalized spacial score (nSPS) is 16.5. The second kappa shape index (κ2) is 13.5. The highest BCUT2D eigenvalue weighted by atomic mass is 16.6. The molecule has 2 aliphatic heterocycles. The average Bonchev–Trinajstić information content (AvgIpc) is 2.96. The number of hydrogen-bond donors (Lipinski definition) is 4. The van der Waals surface area contributed by atoms with Gasteiger partial charge in [0.15, 0.2) is 6.10 Å². The first kappa shape index (κ1) is 29.8. The van der Waals surface area contributed by atoms with Crippen LogP contribution < -0.4 is 20.9 Å². The van der Waals surface area contributed by atoms with Crippen molar-refractivity contribution in [3.63, 3.8) is 0 Å². The van der Waals surface area contributed by atoms with Gasteiger partial charge in [-0.3, -0.25) is 0 Å². The van der Waals surface area contributed by atoms with Crippen molar-refractivity contribution in [2.45, 2.75) is 71.4 Å². The van der Waals surface area contributed by atoms with Gasteiger partial charge in [-0.2, -0.15) is 0 Å². The smallest absolute Gasteiger partial charge is 0.408 e. The number of hydrogen-bond acceptors (Lipinski definition) is 11. The van der Waals surface area contributed by atoms with Crippen molar-refractivity contribution in [2.24, 2.45) is 0 Å². The zero-order valence-electron chi connectivity index (χ0n) is 24.0. The standard InChI is InChI=1S/C28H39N7O6/c1-5-40-27(38)17(3)41-28(39)34-22(26(36)37)15-30-23-16(2)25(32-18(4)31-23)35-13-10-19(11-14-35)21-9-8-20-7-6-12-29-24(20)33-21/h8-9,17,19,22H,5-7,10-15H2,1-4H3,(H,29,33)(H,34,39)(H,36,37)(H,30,31,32). The third kappa shape index (κ3) is 7.53. The minimum absolute atomic E-state index is 0.136. The highest BCUT2D eigenvalue weighted by Gasteiger charge is 2.27. The molecule has 13 nitrogen and oxygen atoms in total. The Bertz CT molecular complexity index is 1260. The Morgan fingerprint density at radius 2 is 1.93 bits per heavy atom. The summed E-state index contributed by atoms with van der Waals surface area (Å²) in [5, 5.41) is 18.4. The molecule has 41 heavy (non-hydrogen) atoms. The highest BCUT2D eigenvalue weighted by molar-refractivity contribution is 5.82. The summed E-state index contributed by atoms with van der Waals surface area (Å²) in [6.07, 6.45) is 1.87. The van der Waals surface area contributed by atoms with Gasteiger partial charge in [0.05, 0.1) is 6.61 Å². The maximum atomic E-state index is 12.2. The quantitative estimate of drug-likeness (QED) is 0.309. The number of esters is 1. The molecule has 2 unspecified atom stereocenters. The molecule has 2 aromatic heterocycles. The van der Waals surface area contributed by atoms with Crippen molar-refractivity contribution >= 4 is 35.5 Å². The van der Waals surface area contributed by atoms with E-state index in [1.165, 1.54) is 12.5 Å². The van der Waals surface area contributed by atoms with Gasteiger partial charge in [-0.25, -0.2) is 29.3 Å². The fourth-order valence-electron chi connectivity index (χ4n) is 5.09. The molecule has 1 fully saturated rings. The van der Waals surface area contributed by atoms with E-state index in [9.17, 15) is 19.5 Å². The van der Waals surface area contributed by atoms with Crippen LogP contribution in [0, 0.1) is 13.8 Å². The number of carboxylic acid groups (broad SMARTS) is 1. The van der Waals surface area contributed by atoms with Crippen LogP contribution in [0.25, 0.3) is 0 Å². The Kier molecular flexibility index (Phi) is 9.79. The van der Waals surface area contributed by atoms with Crippen LogP contribution in [0.15, 0.2) is 12.1 Å². The van der Waals surface area contributed by atoms with Gasteiger partial charge in [-0.15, -0.1) is 0 Å². The molecule has 2 aliphatic rings. The van der Waals surface area contributed by atoms with Crippen molar-refractivity contribution in [3.8, 4) is 0 Å². The SMILES string of the molecule is CCOC(=O)C(C)OC(=O)NC(CNc1nc(C)nc(N2CCC(c3ccc4c(n3)NCCC4)CC2)c1C)C(=O)O. The molecule has 2 atom stereocenters. The Morgan fingerprint density at radius 3 is 2.63 bits per heavy atom. The van der Waals surface area contributed by atoms with Crippen LogP contribution in [0.4, 0.5) is 22.2 Å². The minimum atomic E-state index is -1.33. The molecule has 1 amide bonds. The lowest BCUT2D eigenvalue weighted by Gasteiger charge is -2.34. The Hall–Kier alpha value is -4.16. The van der Waals surface area contributed by atoms with E-state index in [0.717, 1.165) is 68.2 Å². The van der Waals surface area contributed by atoms with Crippen LogP contribution in [0.2, 0.25) is 0 Å². The minimum Gasteiger partial charge on any atom is -0.480 e. The number of alkyl carbamates (subject to hydrolysis) is 1. The number of anilines is 3. The van der Waals surface area contributed by atoms with E-state index < -0.39 is 30.2 Å². The number of ether oxygens (including phenoxy) is 2. The number of fused-ring (bicyclic) bond motifs is 1. The molecule has 4 rings (SSSR count). The molecule has 4 heterocycles. The van der Waals surface area contributed by atoms with Gasteiger partial charge < -0.3 is 35.4 Å². The van der Waals surface area contributed by atoms with Crippen LogP contribution in [0.5, 0.6) is 0 Å². The number of aryl methyl sites for hydroxylation is 2. The lowest BCUT2D eigenvalue weighted by molar-refractivity contribution is -0.152. The predicted molar refractivity (Wildman–Crippen MR) is 152 cm³/mol. The van der Waals surface area contributed by atoms with Crippen LogP contribution in [-0.2, 0) is 25.5 Å². The average molecular weight is 570 g/mol. The Labute approximate surface area is 239 Å². The Balaban J connectivity index is 1.37. The van der Waals surface area contributed by atoms with Crippen LogP contribution in [0.3, 0.4) is 0 Å². The lowest BCUT2D eigenvalue weighted by atomic mass is 9.92. The van der Waals surface area contributed by atoms with Gasteiger partial charge in [0.25, 0.3) is 0 Å². The number of pyridine rings is 1. The maximum Gasteiger partial charge on any atom is 0.408 e. The van der Waals surface area contributed by atoms with E-state index in [-0.39, 0.29) is 13.2 Å². The summed E-state index contributed by atoms with van der Waals surface area (Å²) in [6, 6.07) is 3.03. The third-order valence-electron chi connectivity index (χ3n) is 7.33. The van der Waals surface area contributed by atoms with E-state index >= 15 is 0 Å². The maximum absolute atomic E-state index is 12.2. The van der Waals surface area contributed by atoms with Gasteiger partial charge in [0, 0.05) is 43.4 Å². The van der Waals surface area contributed by atoms with E-state index in [2.05, 4.69) is 43.0 Å². The largest absolute Gasteiger partial charge is 0.480 e. The first-order valence-electron chi connectivity index (χ1n) is 14.1. The Morgan fingerprint density at radius 1 is 1.17 bits per heavy atom. The zero-order valence-corrected chi connectivity index (χ0v) is 24.0. The van der Waals surface area contributed by atoms with Gasteiger partial charge in [-0.1, -0.05) is 6.07 Å². The number of piperidine rings is 1. The number of carbonyl (C=O) groups is 3. The summed E-state index contributed by atoms with van der Waals surface area (Å²) in [5.74, 6) is 1.22. The number of aromatic nitrogens is 3. The van der Waals surface area contributed by atoms with Crippen LogP contribution in [-0.4, -0.2) is 83.0 Å². The fraction of sp³-hybridized carbons (Fsp3) is 0.571. The van der Waals surface area contributed by atoms with Crippen molar-refractivity contribution in [2.75, 3.05) is 48.3 Å². The van der Waals surface area contributed by atoms with Crippen LogP contribution in [0.1, 0.15) is 61.7 Å². The summed E-state index contributed by atoms with van der Waals surface area (Å²) < 4.78 is 9.75. The molecule has 0 radical (unpaired) electrons. The second-order valence-electron chi connectivity index (χ2n) is 10.3. The molecule has 0 aliphatic carbocycles. The number of amides is 1. The summed E-state index contributed by atoms with van der Waals surface area (Å²) in [4.78, 5) is 52.0. The summed E-state index contributed by atoms with van der Waals surface area (Å²) in [6.45, 7) is 9.20. The van der Waals surface area contributed by atoms with E-state index in [1.807, 2.05) is 6.92 Å². The van der Waals surface area contributed by atoms with E-state index in [1.54, 1.807) is 13.8 Å². The third-order valence-corrected chi connectivity index (χ3v) is 7.33. The van der Waals surface area contributed by atoms with E-state index in [4.69, 9.17) is 14.5 Å². The molecular weight excluding hydrogens is 530 g/mol. The number of nitrogens with zero attached hydrogens (tertiary/aromatic N) is 4. The number of carbonyl (C=O) groups excluding carboxylic acids is 2. The number of rotatable bonds is 10. The molecule has 0 spiro atoms. The first-order chi connectivity index (χ1) is 19.7. The second-order valence-corrected chi connectivity index (χ2v) is 10.3.